The van der Waals surface area contributed by atoms with E-state index < -0.39 is 0 Å². The second kappa shape index (κ2) is 7.91. The van der Waals surface area contributed by atoms with Gasteiger partial charge in [-0.1, -0.05) is 32.0 Å². The van der Waals surface area contributed by atoms with E-state index in [9.17, 15) is 9.59 Å². The van der Waals surface area contributed by atoms with Crippen molar-refractivity contribution in [2.45, 2.75) is 65.1 Å². The van der Waals surface area contributed by atoms with Crippen LogP contribution in [0.1, 0.15) is 51.5 Å². The highest BCUT2D eigenvalue weighted by Crippen LogP contribution is 2.30. The number of thioether (sulfide) groups is 1. The minimum absolute atomic E-state index is 0.0694. The van der Waals surface area contributed by atoms with Crippen molar-refractivity contribution in [3.8, 4) is 0 Å². The Bertz CT molecular complexity index is 818. The Morgan fingerprint density at radius 2 is 2.08 bits per heavy atom. The number of fused-ring (bicyclic) bond motifs is 1. The third-order valence-electron chi connectivity index (χ3n) is 3.94. The van der Waals surface area contributed by atoms with Crippen LogP contribution < -0.4 is 10.9 Å². The first-order valence-corrected chi connectivity index (χ1v) is 10.4. The second-order valence-corrected chi connectivity index (χ2v) is 9.66. The summed E-state index contributed by atoms with van der Waals surface area (Å²) in [7, 11) is 0. The molecule has 0 unspecified atom stereocenters. The van der Waals surface area contributed by atoms with E-state index in [1.54, 1.807) is 11.3 Å². The van der Waals surface area contributed by atoms with Gasteiger partial charge in [0.05, 0.1) is 11.1 Å². The summed E-state index contributed by atoms with van der Waals surface area (Å²) in [5, 5.41) is 4.12. The Morgan fingerprint density at radius 3 is 2.68 bits per heavy atom. The fourth-order valence-electron chi connectivity index (χ4n) is 2.55. The van der Waals surface area contributed by atoms with Crippen molar-refractivity contribution < 1.29 is 4.79 Å². The second-order valence-electron chi connectivity index (χ2n) is 7.49. The summed E-state index contributed by atoms with van der Waals surface area (Å²) in [5.41, 5.74) is 0.745. The molecule has 2 aromatic rings. The van der Waals surface area contributed by atoms with Gasteiger partial charge in [0.1, 0.15) is 4.83 Å². The van der Waals surface area contributed by atoms with Crippen LogP contribution in [-0.4, -0.2) is 27.2 Å². The van der Waals surface area contributed by atoms with Crippen LogP contribution in [0.5, 0.6) is 0 Å². The summed E-state index contributed by atoms with van der Waals surface area (Å²) >= 11 is 2.82. The summed E-state index contributed by atoms with van der Waals surface area (Å²) in [6, 6.07) is 0. The maximum atomic E-state index is 12.6. The smallest absolute Gasteiger partial charge is 0.260 e. The van der Waals surface area contributed by atoms with E-state index in [1.165, 1.54) is 11.8 Å². The maximum Gasteiger partial charge on any atom is 0.260 e. The molecule has 138 valence electrons. The lowest BCUT2D eigenvalue weighted by molar-refractivity contribution is -0.119. The van der Waals surface area contributed by atoms with E-state index in [0.717, 1.165) is 28.1 Å². The van der Waals surface area contributed by atoms with Crippen molar-refractivity contribution in [3.05, 3.63) is 20.8 Å². The van der Waals surface area contributed by atoms with Gasteiger partial charge in [0, 0.05) is 10.4 Å². The molecule has 2 aromatic heterocycles. The van der Waals surface area contributed by atoms with Crippen LogP contribution in [0, 0.1) is 12.8 Å². The number of thiophene rings is 1. The van der Waals surface area contributed by atoms with Crippen molar-refractivity contribution in [2.24, 2.45) is 5.92 Å². The van der Waals surface area contributed by atoms with Gasteiger partial charge >= 0.3 is 0 Å². The van der Waals surface area contributed by atoms with Crippen molar-refractivity contribution in [3.63, 3.8) is 0 Å². The topological polar surface area (TPSA) is 74.8 Å². The molecule has 0 bridgehead atoms. The van der Waals surface area contributed by atoms with Crippen molar-refractivity contribution in [2.75, 3.05) is 5.75 Å². The standard InChI is InChI=1S/C18H27N3O2S2/c1-7-10(2)8-12-11(3)25-16-14(12)15(23)19-17(20-16)24-9-13(22)21-18(4,5)6/h10H,7-9H2,1-6H3,(H,21,22)(H,19,20,23)/t10-/m0/s1. The van der Waals surface area contributed by atoms with Gasteiger partial charge in [-0.25, -0.2) is 4.98 Å². The number of carbonyl (C=O) groups is 1. The lowest BCUT2D eigenvalue weighted by Gasteiger charge is -2.20. The number of hydrogen-bond acceptors (Lipinski definition) is 5. The minimum atomic E-state index is -0.266. The van der Waals surface area contributed by atoms with Crippen molar-refractivity contribution in [1.29, 1.82) is 0 Å². The van der Waals surface area contributed by atoms with E-state index in [4.69, 9.17) is 0 Å². The Morgan fingerprint density at radius 1 is 1.40 bits per heavy atom. The molecular weight excluding hydrogens is 354 g/mol. The van der Waals surface area contributed by atoms with Crippen LogP contribution in [0.4, 0.5) is 0 Å². The normalized spacial score (nSPS) is 13.2. The number of nitrogens with one attached hydrogen (secondary N) is 2. The molecule has 0 spiro atoms. The summed E-state index contributed by atoms with van der Waals surface area (Å²) < 4.78 is 0. The molecule has 2 N–H and O–H groups in total. The average molecular weight is 382 g/mol. The van der Waals surface area contributed by atoms with Crippen LogP contribution >= 0.6 is 23.1 Å². The zero-order chi connectivity index (χ0) is 18.8. The fraction of sp³-hybridized carbons (Fsp3) is 0.611. The Balaban J connectivity index is 2.22. The first-order valence-electron chi connectivity index (χ1n) is 8.56. The molecule has 0 aliphatic rings. The van der Waals surface area contributed by atoms with Crippen LogP contribution in [0.3, 0.4) is 0 Å². The number of aromatic amines is 1. The molecule has 0 fully saturated rings. The molecule has 0 aliphatic heterocycles. The third-order valence-corrected chi connectivity index (χ3v) is 5.86. The number of rotatable bonds is 6. The molecule has 5 nitrogen and oxygen atoms in total. The number of aromatic nitrogens is 2. The van der Waals surface area contributed by atoms with Gasteiger partial charge in [0.2, 0.25) is 5.91 Å². The van der Waals surface area contributed by atoms with E-state index >= 15 is 0 Å². The zero-order valence-corrected chi connectivity index (χ0v) is 17.4. The molecule has 0 radical (unpaired) electrons. The molecule has 2 rings (SSSR count). The van der Waals surface area contributed by atoms with Crippen LogP contribution in [-0.2, 0) is 11.2 Å². The van der Waals surface area contributed by atoms with E-state index in [2.05, 4.69) is 29.1 Å². The first kappa shape index (κ1) is 20.0. The third kappa shape index (κ3) is 5.31. The van der Waals surface area contributed by atoms with Crippen LogP contribution in [0.15, 0.2) is 9.95 Å². The van der Waals surface area contributed by atoms with E-state index in [0.29, 0.717) is 16.5 Å². The number of amides is 1. The number of hydrogen-bond donors (Lipinski definition) is 2. The van der Waals surface area contributed by atoms with Crippen LogP contribution in [0.25, 0.3) is 10.2 Å². The molecular formula is C18H27N3O2S2. The molecule has 25 heavy (non-hydrogen) atoms. The zero-order valence-electron chi connectivity index (χ0n) is 15.8. The van der Waals surface area contributed by atoms with Gasteiger partial charge in [0.25, 0.3) is 5.56 Å². The molecule has 0 saturated heterocycles. The summed E-state index contributed by atoms with van der Waals surface area (Å²) in [6.07, 6.45) is 1.98. The SMILES string of the molecule is CC[C@H](C)Cc1c(C)sc2nc(SCC(=O)NC(C)(C)C)[nH]c(=O)c12. The van der Waals surface area contributed by atoms with Gasteiger partial charge in [-0.15, -0.1) is 11.3 Å². The minimum Gasteiger partial charge on any atom is -0.351 e. The molecule has 1 amide bonds. The van der Waals surface area contributed by atoms with Gasteiger partial charge in [-0.3, -0.25) is 9.59 Å². The van der Waals surface area contributed by atoms with E-state index in [-0.39, 0.29) is 22.8 Å². The highest BCUT2D eigenvalue weighted by Gasteiger charge is 2.18. The predicted octanol–water partition coefficient (Wildman–Crippen LogP) is 3.89. The highest BCUT2D eigenvalue weighted by molar-refractivity contribution is 7.99. The summed E-state index contributed by atoms with van der Waals surface area (Å²) in [6.45, 7) is 12.2. The molecule has 0 saturated carbocycles. The number of H-pyrrole nitrogens is 1. The Kier molecular flexibility index (Phi) is 6.32. The fourth-order valence-corrected chi connectivity index (χ4v) is 4.32. The lowest BCUT2D eigenvalue weighted by Crippen LogP contribution is -2.41. The average Bonchev–Trinajstić information content (AvgIpc) is 2.79. The molecule has 0 aliphatic carbocycles. The molecule has 2 heterocycles. The highest BCUT2D eigenvalue weighted by atomic mass is 32.2. The number of nitrogens with zero attached hydrogens (tertiary/aromatic N) is 1. The number of carbonyl (C=O) groups excluding carboxylic acids is 1. The summed E-state index contributed by atoms with van der Waals surface area (Å²) in [4.78, 5) is 33.8. The largest absolute Gasteiger partial charge is 0.351 e. The summed E-state index contributed by atoms with van der Waals surface area (Å²) in [5.74, 6) is 0.696. The van der Waals surface area contributed by atoms with Gasteiger partial charge in [0.15, 0.2) is 5.16 Å². The number of aryl methyl sites for hydroxylation is 1. The lowest BCUT2D eigenvalue weighted by atomic mass is 9.98. The quantitative estimate of drug-likeness (QED) is 0.588. The van der Waals surface area contributed by atoms with Crippen molar-refractivity contribution in [1.82, 2.24) is 15.3 Å². The van der Waals surface area contributed by atoms with E-state index in [1.807, 2.05) is 27.7 Å². The van der Waals surface area contributed by atoms with Gasteiger partial charge in [-0.05, 0) is 45.6 Å². The van der Waals surface area contributed by atoms with Crippen LogP contribution in [0.2, 0.25) is 0 Å². The Hall–Kier alpha value is -1.34. The molecule has 1 atom stereocenters. The predicted molar refractivity (Wildman–Crippen MR) is 107 cm³/mol. The maximum absolute atomic E-state index is 12.6. The van der Waals surface area contributed by atoms with Gasteiger partial charge < -0.3 is 10.3 Å². The molecule has 7 heteroatoms. The first-order chi connectivity index (χ1) is 11.6. The molecule has 0 aromatic carbocycles. The Labute approximate surface area is 157 Å². The monoisotopic (exact) mass is 381 g/mol. The van der Waals surface area contributed by atoms with Gasteiger partial charge in [-0.2, -0.15) is 0 Å². The van der Waals surface area contributed by atoms with Crippen molar-refractivity contribution >= 4 is 39.2 Å².